The maximum Gasteiger partial charge on any atom is 0.0475 e. The Morgan fingerprint density at radius 3 is 3.00 bits per heavy atom. The van der Waals surface area contributed by atoms with Gasteiger partial charge in [-0.3, -0.25) is 16.3 Å². The van der Waals surface area contributed by atoms with E-state index >= 15 is 0 Å². The van der Waals surface area contributed by atoms with Crippen LogP contribution in [0.1, 0.15) is 37.3 Å². The molecular weight excluding hydrogens is 174 g/mol. The number of nitrogens with zero attached hydrogens (tertiary/aromatic N) is 1. The molecule has 1 heterocycles. The summed E-state index contributed by atoms with van der Waals surface area (Å²) in [5, 5.41) is 0. The Bertz CT molecular complexity index is 269. The topological polar surface area (TPSA) is 50.9 Å². The van der Waals surface area contributed by atoms with Crippen LogP contribution in [0.15, 0.2) is 24.5 Å². The van der Waals surface area contributed by atoms with Gasteiger partial charge in [0.25, 0.3) is 0 Å². The van der Waals surface area contributed by atoms with Crippen molar-refractivity contribution in [2.75, 3.05) is 0 Å². The van der Waals surface area contributed by atoms with Gasteiger partial charge in [0.05, 0.1) is 0 Å². The molecular formula is C11H17N3. The number of nitrogens with two attached hydrogens (primary N) is 1. The van der Waals surface area contributed by atoms with E-state index in [9.17, 15) is 0 Å². The Balaban J connectivity index is 1.90. The van der Waals surface area contributed by atoms with Crippen LogP contribution in [0.3, 0.4) is 0 Å². The molecule has 1 aromatic rings. The Kier molecular flexibility index (Phi) is 3.11. The van der Waals surface area contributed by atoms with E-state index in [0.717, 1.165) is 12.3 Å². The first-order valence-corrected chi connectivity index (χ1v) is 5.26. The van der Waals surface area contributed by atoms with Gasteiger partial charge in [0.2, 0.25) is 0 Å². The van der Waals surface area contributed by atoms with Gasteiger partial charge in [-0.2, -0.15) is 0 Å². The third-order valence-electron chi connectivity index (χ3n) is 2.85. The molecule has 1 aliphatic carbocycles. The summed E-state index contributed by atoms with van der Waals surface area (Å²) in [6, 6.07) is 4.30. The van der Waals surface area contributed by atoms with Crippen LogP contribution in [0.25, 0.3) is 0 Å². The van der Waals surface area contributed by atoms with Crippen molar-refractivity contribution in [1.29, 1.82) is 0 Å². The van der Waals surface area contributed by atoms with E-state index in [2.05, 4.69) is 16.5 Å². The molecule has 1 aromatic heterocycles. The summed E-state index contributed by atoms with van der Waals surface area (Å²) in [5.41, 5.74) is 4.05. The van der Waals surface area contributed by atoms with Gasteiger partial charge in [-0.15, -0.1) is 0 Å². The number of rotatable bonds is 5. The molecule has 3 heteroatoms. The zero-order valence-electron chi connectivity index (χ0n) is 8.32. The van der Waals surface area contributed by atoms with Crippen molar-refractivity contribution in [3.05, 3.63) is 30.1 Å². The molecule has 0 spiro atoms. The molecule has 14 heavy (non-hydrogen) atoms. The largest absolute Gasteiger partial charge is 0.271 e. The lowest BCUT2D eigenvalue weighted by Gasteiger charge is -2.15. The van der Waals surface area contributed by atoms with E-state index in [1.807, 2.05) is 12.3 Å². The smallest absolute Gasteiger partial charge is 0.0475 e. The number of nitrogens with one attached hydrogen (secondary N) is 1. The molecule has 2 rings (SSSR count). The van der Waals surface area contributed by atoms with Gasteiger partial charge in [-0.25, -0.2) is 0 Å². The second-order valence-corrected chi connectivity index (χ2v) is 4.03. The molecule has 1 fully saturated rings. The van der Waals surface area contributed by atoms with Crippen LogP contribution in [-0.2, 0) is 0 Å². The molecule has 0 amide bonds. The molecule has 3 N–H and O–H groups in total. The minimum absolute atomic E-state index is 0.268. The SMILES string of the molecule is NNC(CCC1CC1)c1cccnc1. The van der Waals surface area contributed by atoms with E-state index in [4.69, 9.17) is 5.84 Å². The zero-order chi connectivity index (χ0) is 9.80. The minimum atomic E-state index is 0.268. The average Bonchev–Trinajstić information content (AvgIpc) is 3.04. The maximum absolute atomic E-state index is 5.53. The molecule has 1 aliphatic rings. The molecule has 0 bridgehead atoms. The Labute approximate surface area is 84.7 Å². The third kappa shape index (κ3) is 2.53. The van der Waals surface area contributed by atoms with Gasteiger partial charge in [0.15, 0.2) is 0 Å². The van der Waals surface area contributed by atoms with Crippen LogP contribution in [0, 0.1) is 5.92 Å². The highest BCUT2D eigenvalue weighted by molar-refractivity contribution is 5.13. The van der Waals surface area contributed by atoms with Gasteiger partial charge < -0.3 is 0 Å². The molecule has 76 valence electrons. The summed E-state index contributed by atoms with van der Waals surface area (Å²) in [4.78, 5) is 4.10. The highest BCUT2D eigenvalue weighted by Gasteiger charge is 2.22. The lowest BCUT2D eigenvalue weighted by molar-refractivity contribution is 0.481. The summed E-state index contributed by atoms with van der Waals surface area (Å²) < 4.78 is 0. The van der Waals surface area contributed by atoms with Crippen LogP contribution < -0.4 is 11.3 Å². The molecule has 1 unspecified atom stereocenters. The summed E-state index contributed by atoms with van der Waals surface area (Å²) in [6.07, 6.45) is 8.89. The molecule has 1 saturated carbocycles. The van der Waals surface area contributed by atoms with E-state index < -0.39 is 0 Å². The highest BCUT2D eigenvalue weighted by Crippen LogP contribution is 2.35. The summed E-state index contributed by atoms with van der Waals surface area (Å²) >= 11 is 0. The second-order valence-electron chi connectivity index (χ2n) is 4.03. The Hall–Kier alpha value is -0.930. The van der Waals surface area contributed by atoms with Gasteiger partial charge in [-0.1, -0.05) is 18.9 Å². The van der Waals surface area contributed by atoms with E-state index in [1.54, 1.807) is 6.20 Å². The quantitative estimate of drug-likeness (QED) is 0.551. The van der Waals surface area contributed by atoms with Crippen LogP contribution in [-0.4, -0.2) is 4.98 Å². The normalized spacial score (nSPS) is 18.1. The number of hydrogen-bond acceptors (Lipinski definition) is 3. The van der Waals surface area contributed by atoms with Gasteiger partial charge in [0.1, 0.15) is 0 Å². The molecule has 0 aliphatic heterocycles. The standard InChI is InChI=1S/C11H17N3/c12-14-11(6-5-9-3-4-9)10-2-1-7-13-8-10/h1-2,7-9,11,14H,3-6,12H2. The number of hydrazine groups is 1. The van der Waals surface area contributed by atoms with E-state index in [0.29, 0.717) is 0 Å². The van der Waals surface area contributed by atoms with E-state index in [1.165, 1.54) is 24.8 Å². The summed E-state index contributed by atoms with van der Waals surface area (Å²) in [7, 11) is 0. The first-order chi connectivity index (χ1) is 6.90. The first kappa shape index (κ1) is 9.62. The Morgan fingerprint density at radius 1 is 1.57 bits per heavy atom. The van der Waals surface area contributed by atoms with Gasteiger partial charge >= 0.3 is 0 Å². The van der Waals surface area contributed by atoms with Crippen LogP contribution >= 0.6 is 0 Å². The lowest BCUT2D eigenvalue weighted by atomic mass is 10.0. The van der Waals surface area contributed by atoms with Crippen LogP contribution in [0.2, 0.25) is 0 Å². The third-order valence-corrected chi connectivity index (χ3v) is 2.85. The number of pyridine rings is 1. The monoisotopic (exact) mass is 191 g/mol. The van der Waals surface area contributed by atoms with Crippen molar-refractivity contribution in [2.45, 2.75) is 31.7 Å². The fourth-order valence-corrected chi connectivity index (χ4v) is 1.74. The lowest BCUT2D eigenvalue weighted by Crippen LogP contribution is -2.28. The minimum Gasteiger partial charge on any atom is -0.271 e. The van der Waals surface area contributed by atoms with Gasteiger partial charge in [0, 0.05) is 18.4 Å². The number of aromatic nitrogens is 1. The predicted molar refractivity (Wildman–Crippen MR) is 56.3 cm³/mol. The van der Waals surface area contributed by atoms with Crippen molar-refractivity contribution in [3.63, 3.8) is 0 Å². The molecule has 0 aromatic carbocycles. The van der Waals surface area contributed by atoms with Crippen LogP contribution in [0.4, 0.5) is 0 Å². The summed E-state index contributed by atoms with van der Waals surface area (Å²) in [6.45, 7) is 0. The molecule has 1 atom stereocenters. The highest BCUT2D eigenvalue weighted by atomic mass is 15.2. The van der Waals surface area contributed by atoms with Crippen molar-refractivity contribution in [2.24, 2.45) is 11.8 Å². The first-order valence-electron chi connectivity index (χ1n) is 5.26. The van der Waals surface area contributed by atoms with Crippen molar-refractivity contribution < 1.29 is 0 Å². The van der Waals surface area contributed by atoms with Crippen molar-refractivity contribution in [1.82, 2.24) is 10.4 Å². The zero-order valence-corrected chi connectivity index (χ0v) is 8.32. The maximum atomic E-state index is 5.53. The van der Waals surface area contributed by atoms with Crippen molar-refractivity contribution >= 4 is 0 Å². The summed E-state index contributed by atoms with van der Waals surface area (Å²) in [5.74, 6) is 6.49. The molecule has 0 radical (unpaired) electrons. The molecule has 0 saturated heterocycles. The fourth-order valence-electron chi connectivity index (χ4n) is 1.74. The average molecular weight is 191 g/mol. The van der Waals surface area contributed by atoms with Gasteiger partial charge in [-0.05, 0) is 30.4 Å². The second kappa shape index (κ2) is 4.53. The Morgan fingerprint density at radius 2 is 2.43 bits per heavy atom. The molecule has 3 nitrogen and oxygen atoms in total. The van der Waals surface area contributed by atoms with Crippen molar-refractivity contribution in [3.8, 4) is 0 Å². The predicted octanol–water partition coefficient (Wildman–Crippen LogP) is 1.78. The van der Waals surface area contributed by atoms with Crippen LogP contribution in [0.5, 0.6) is 0 Å². The van der Waals surface area contributed by atoms with E-state index in [-0.39, 0.29) is 6.04 Å². The number of hydrogen-bond donors (Lipinski definition) is 2. The fraction of sp³-hybridized carbons (Fsp3) is 0.545.